The van der Waals surface area contributed by atoms with Gasteiger partial charge in [-0.2, -0.15) is 0 Å². The van der Waals surface area contributed by atoms with Crippen molar-refractivity contribution < 1.29 is 14.3 Å². The van der Waals surface area contributed by atoms with E-state index in [0.29, 0.717) is 36.4 Å². The van der Waals surface area contributed by atoms with Crippen molar-refractivity contribution >= 4 is 17.5 Å². The summed E-state index contributed by atoms with van der Waals surface area (Å²) in [5.74, 6) is 0.617. The highest BCUT2D eigenvalue weighted by atomic mass is 16.5. The van der Waals surface area contributed by atoms with Gasteiger partial charge < -0.3 is 15.0 Å². The fraction of sp³-hybridized carbons (Fsp3) is 0.273. The Morgan fingerprint density at radius 2 is 1.67 bits per heavy atom. The largest absolute Gasteiger partial charge is 0.489 e. The summed E-state index contributed by atoms with van der Waals surface area (Å²) >= 11 is 0. The van der Waals surface area contributed by atoms with E-state index in [2.05, 4.69) is 11.9 Å². The predicted molar refractivity (Wildman–Crippen MR) is 108 cm³/mol. The number of anilines is 1. The van der Waals surface area contributed by atoms with Gasteiger partial charge in [-0.15, -0.1) is 0 Å². The number of aryl methyl sites for hydroxylation is 1. The van der Waals surface area contributed by atoms with Crippen LogP contribution in [0.1, 0.15) is 29.3 Å². The number of benzene rings is 2. The van der Waals surface area contributed by atoms with Crippen LogP contribution in [0.15, 0.2) is 60.7 Å². The zero-order valence-corrected chi connectivity index (χ0v) is 16.1. The highest BCUT2D eigenvalue weighted by Crippen LogP contribution is 2.16. The molecule has 2 rings (SSSR count). The molecule has 0 saturated heterocycles. The molecule has 0 atom stereocenters. The van der Waals surface area contributed by atoms with Gasteiger partial charge in [-0.05, 0) is 60.9 Å². The fourth-order valence-electron chi connectivity index (χ4n) is 2.34. The average molecular weight is 366 g/mol. The van der Waals surface area contributed by atoms with Gasteiger partial charge in [-0.1, -0.05) is 18.7 Å². The minimum absolute atomic E-state index is 0.100. The molecular formula is C22H26N2O3. The van der Waals surface area contributed by atoms with Gasteiger partial charge in [0.25, 0.3) is 5.91 Å². The number of hydrogen-bond donors (Lipinski definition) is 1. The molecule has 2 aromatic carbocycles. The Morgan fingerprint density at radius 3 is 2.22 bits per heavy atom. The zero-order chi connectivity index (χ0) is 19.8. The van der Waals surface area contributed by atoms with Crippen molar-refractivity contribution in [1.29, 1.82) is 0 Å². The normalized spacial score (nSPS) is 10.2. The Kier molecular flexibility index (Phi) is 7.17. The van der Waals surface area contributed by atoms with E-state index in [0.717, 1.165) is 11.1 Å². The molecule has 5 heteroatoms. The lowest BCUT2D eigenvalue weighted by Gasteiger charge is -2.10. The minimum atomic E-state index is -0.183. The average Bonchev–Trinajstić information content (AvgIpc) is 2.65. The summed E-state index contributed by atoms with van der Waals surface area (Å²) in [6.07, 6.45) is 1.15. The Labute approximate surface area is 160 Å². The van der Waals surface area contributed by atoms with Crippen LogP contribution < -0.4 is 10.1 Å². The maximum Gasteiger partial charge on any atom is 0.255 e. The lowest BCUT2D eigenvalue weighted by molar-refractivity contribution is -0.128. The molecule has 0 aliphatic carbocycles. The first-order valence-electron chi connectivity index (χ1n) is 8.83. The van der Waals surface area contributed by atoms with Crippen LogP contribution >= 0.6 is 0 Å². The molecule has 0 bridgehead atoms. The summed E-state index contributed by atoms with van der Waals surface area (Å²) in [5, 5.41) is 2.87. The Morgan fingerprint density at radius 1 is 1.04 bits per heavy atom. The Balaban J connectivity index is 1.89. The minimum Gasteiger partial charge on any atom is -0.489 e. The smallest absolute Gasteiger partial charge is 0.255 e. The number of ether oxygens (including phenoxy) is 1. The van der Waals surface area contributed by atoms with Gasteiger partial charge in [0.15, 0.2) is 0 Å². The molecule has 142 valence electrons. The molecule has 5 nitrogen and oxygen atoms in total. The van der Waals surface area contributed by atoms with E-state index in [1.807, 2.05) is 31.2 Å². The highest BCUT2D eigenvalue weighted by molar-refractivity contribution is 6.04. The Bertz CT molecular complexity index is 793. The van der Waals surface area contributed by atoms with E-state index in [1.165, 1.54) is 0 Å². The SMILES string of the molecule is C=C(C)COc1ccc(C(=O)Nc2ccc(CCC(=O)N(C)C)cc2)cc1. The summed E-state index contributed by atoms with van der Waals surface area (Å²) < 4.78 is 5.53. The van der Waals surface area contributed by atoms with Crippen LogP contribution in [0.5, 0.6) is 5.75 Å². The van der Waals surface area contributed by atoms with E-state index >= 15 is 0 Å². The number of nitrogens with zero attached hydrogens (tertiary/aromatic N) is 1. The van der Waals surface area contributed by atoms with Gasteiger partial charge in [0, 0.05) is 31.8 Å². The van der Waals surface area contributed by atoms with Gasteiger partial charge in [0.05, 0.1) is 0 Å². The molecular weight excluding hydrogens is 340 g/mol. The molecule has 0 aliphatic heterocycles. The fourth-order valence-corrected chi connectivity index (χ4v) is 2.34. The number of rotatable bonds is 8. The molecule has 0 saturated carbocycles. The third kappa shape index (κ3) is 6.62. The van der Waals surface area contributed by atoms with E-state index in [-0.39, 0.29) is 11.8 Å². The van der Waals surface area contributed by atoms with Crippen LogP contribution in [0.3, 0.4) is 0 Å². The third-order valence-electron chi connectivity index (χ3n) is 3.94. The third-order valence-corrected chi connectivity index (χ3v) is 3.94. The lowest BCUT2D eigenvalue weighted by Crippen LogP contribution is -2.21. The molecule has 2 aromatic rings. The van der Waals surface area contributed by atoms with E-state index < -0.39 is 0 Å². The molecule has 1 N–H and O–H groups in total. The second-order valence-electron chi connectivity index (χ2n) is 6.71. The van der Waals surface area contributed by atoms with Crippen LogP contribution in [0.4, 0.5) is 5.69 Å². The molecule has 0 aromatic heterocycles. The summed E-state index contributed by atoms with van der Waals surface area (Å²) in [4.78, 5) is 25.6. The number of nitrogens with one attached hydrogen (secondary N) is 1. The zero-order valence-electron chi connectivity index (χ0n) is 16.1. The quantitative estimate of drug-likeness (QED) is 0.721. The van der Waals surface area contributed by atoms with Crippen LogP contribution in [-0.4, -0.2) is 37.4 Å². The van der Waals surface area contributed by atoms with Crippen molar-refractivity contribution in [1.82, 2.24) is 4.90 Å². The molecule has 27 heavy (non-hydrogen) atoms. The van der Waals surface area contributed by atoms with Crippen LogP contribution in [0.25, 0.3) is 0 Å². The molecule has 2 amide bonds. The van der Waals surface area contributed by atoms with Gasteiger partial charge in [0.1, 0.15) is 12.4 Å². The van der Waals surface area contributed by atoms with Gasteiger partial charge in [-0.25, -0.2) is 0 Å². The summed E-state index contributed by atoms with van der Waals surface area (Å²) in [6.45, 7) is 6.14. The first-order valence-corrected chi connectivity index (χ1v) is 8.83. The van der Waals surface area contributed by atoms with Crippen LogP contribution in [0, 0.1) is 0 Å². The summed E-state index contributed by atoms with van der Waals surface area (Å²) in [6, 6.07) is 14.5. The second-order valence-corrected chi connectivity index (χ2v) is 6.71. The summed E-state index contributed by atoms with van der Waals surface area (Å²) in [5.41, 5.74) is 3.26. The maximum atomic E-state index is 12.4. The van der Waals surface area contributed by atoms with E-state index in [4.69, 9.17) is 4.74 Å². The number of carbonyl (C=O) groups excluding carboxylic acids is 2. The second kappa shape index (κ2) is 9.57. The highest BCUT2D eigenvalue weighted by Gasteiger charge is 2.08. The first-order chi connectivity index (χ1) is 12.8. The van der Waals surface area contributed by atoms with E-state index in [1.54, 1.807) is 43.3 Å². The molecule has 0 spiro atoms. The van der Waals surface area contributed by atoms with Crippen molar-refractivity contribution in [3.8, 4) is 5.75 Å². The maximum absolute atomic E-state index is 12.4. The predicted octanol–water partition coefficient (Wildman–Crippen LogP) is 3.91. The molecule has 0 unspecified atom stereocenters. The van der Waals surface area contributed by atoms with Crippen LogP contribution in [0.2, 0.25) is 0 Å². The number of carbonyl (C=O) groups is 2. The van der Waals surface area contributed by atoms with Crippen molar-refractivity contribution in [2.45, 2.75) is 19.8 Å². The lowest BCUT2D eigenvalue weighted by atomic mass is 10.1. The number of hydrogen-bond acceptors (Lipinski definition) is 3. The van der Waals surface area contributed by atoms with Gasteiger partial charge in [-0.3, -0.25) is 9.59 Å². The van der Waals surface area contributed by atoms with Crippen molar-refractivity contribution in [3.63, 3.8) is 0 Å². The van der Waals surface area contributed by atoms with Crippen molar-refractivity contribution in [3.05, 3.63) is 71.8 Å². The van der Waals surface area contributed by atoms with Gasteiger partial charge >= 0.3 is 0 Å². The van der Waals surface area contributed by atoms with Crippen molar-refractivity contribution in [2.75, 3.05) is 26.0 Å². The molecule has 0 heterocycles. The molecule has 0 fully saturated rings. The molecule has 0 radical (unpaired) electrons. The van der Waals surface area contributed by atoms with Gasteiger partial charge in [0.2, 0.25) is 5.91 Å². The Hall–Kier alpha value is -3.08. The standard InChI is InChI=1S/C22H26N2O3/c1-16(2)15-27-20-12-8-18(9-13-20)22(26)23-19-10-5-17(6-11-19)7-14-21(25)24(3)4/h5-6,8-13H,1,7,14-15H2,2-4H3,(H,23,26). The van der Waals surface area contributed by atoms with E-state index in [9.17, 15) is 9.59 Å². The summed E-state index contributed by atoms with van der Waals surface area (Å²) in [7, 11) is 3.50. The van der Waals surface area contributed by atoms with Crippen molar-refractivity contribution in [2.24, 2.45) is 0 Å². The molecule has 0 aliphatic rings. The topological polar surface area (TPSA) is 58.6 Å². The first kappa shape index (κ1) is 20.2. The number of amides is 2. The monoisotopic (exact) mass is 366 g/mol. The van der Waals surface area contributed by atoms with Crippen LogP contribution in [-0.2, 0) is 11.2 Å².